The third-order valence-corrected chi connectivity index (χ3v) is 2.14. The molecule has 0 saturated carbocycles. The fourth-order valence-corrected chi connectivity index (χ4v) is 1.35. The first-order valence-electron chi connectivity index (χ1n) is 4.70. The number of aryl methyl sites for hydroxylation is 1. The van der Waals surface area contributed by atoms with Crippen LogP contribution >= 0.6 is 0 Å². The maximum absolute atomic E-state index is 10.6. The first-order valence-corrected chi connectivity index (χ1v) is 4.70. The summed E-state index contributed by atoms with van der Waals surface area (Å²) >= 11 is 0. The molecule has 15 heavy (non-hydrogen) atoms. The molecule has 0 N–H and O–H groups in total. The van der Waals surface area contributed by atoms with E-state index in [4.69, 9.17) is 5.26 Å². The van der Waals surface area contributed by atoms with Crippen molar-refractivity contribution in [2.45, 2.75) is 32.7 Å². The Balaban J connectivity index is 2.63. The van der Waals surface area contributed by atoms with Gasteiger partial charge in [-0.2, -0.15) is 5.26 Å². The van der Waals surface area contributed by atoms with Gasteiger partial charge in [0.1, 0.15) is 6.20 Å². The van der Waals surface area contributed by atoms with Crippen molar-refractivity contribution in [3.05, 3.63) is 22.1 Å². The lowest BCUT2D eigenvalue weighted by atomic mass is 10.2. The smallest absolute Gasteiger partial charge is 0.342 e. The Kier molecular flexibility index (Phi) is 3.80. The lowest BCUT2D eigenvalue weighted by Crippen LogP contribution is -2.05. The van der Waals surface area contributed by atoms with Crippen molar-refractivity contribution in [1.82, 2.24) is 9.55 Å². The van der Waals surface area contributed by atoms with Gasteiger partial charge in [0.15, 0.2) is 5.82 Å². The van der Waals surface area contributed by atoms with Crippen LogP contribution in [0.15, 0.2) is 6.20 Å². The number of unbranched alkanes of at least 4 members (excludes halogenated alkanes) is 2. The van der Waals surface area contributed by atoms with Crippen LogP contribution in [-0.4, -0.2) is 14.5 Å². The average molecular weight is 208 g/mol. The molecule has 0 radical (unpaired) electrons. The summed E-state index contributed by atoms with van der Waals surface area (Å²) in [6, 6.07) is 2.04. The molecule has 0 atom stereocenters. The standard InChI is InChI=1S/C9H12N4O2/c1-8-11-7-9(13(14)15)12(8)6-4-2-3-5-10/h7H,2-4,6H2,1H3. The molecule has 0 unspecified atom stereocenters. The number of nitro groups is 1. The van der Waals surface area contributed by atoms with Crippen molar-refractivity contribution in [3.63, 3.8) is 0 Å². The van der Waals surface area contributed by atoms with E-state index in [9.17, 15) is 10.1 Å². The molecule has 0 fully saturated rings. The highest BCUT2D eigenvalue weighted by Crippen LogP contribution is 2.14. The summed E-state index contributed by atoms with van der Waals surface area (Å²) in [4.78, 5) is 14.1. The van der Waals surface area contributed by atoms with E-state index in [1.165, 1.54) is 6.20 Å². The first kappa shape index (κ1) is 11.2. The van der Waals surface area contributed by atoms with Gasteiger partial charge in [-0.25, -0.2) is 9.55 Å². The molecule has 0 aliphatic rings. The highest BCUT2D eigenvalue weighted by atomic mass is 16.6. The molecule has 0 saturated heterocycles. The topological polar surface area (TPSA) is 84.8 Å². The second-order valence-corrected chi connectivity index (χ2v) is 3.19. The minimum atomic E-state index is -0.440. The number of imidazole rings is 1. The number of nitriles is 1. The molecule has 6 heteroatoms. The molecular formula is C9H12N4O2. The molecule has 0 aromatic carbocycles. The Labute approximate surface area is 87.3 Å². The van der Waals surface area contributed by atoms with Gasteiger partial charge in [0.05, 0.1) is 12.6 Å². The van der Waals surface area contributed by atoms with Gasteiger partial charge in [-0.3, -0.25) is 0 Å². The monoisotopic (exact) mass is 208 g/mol. The van der Waals surface area contributed by atoms with Crippen LogP contribution in [-0.2, 0) is 6.54 Å². The molecule has 0 aliphatic carbocycles. The van der Waals surface area contributed by atoms with Gasteiger partial charge < -0.3 is 10.1 Å². The molecule has 6 nitrogen and oxygen atoms in total. The second kappa shape index (κ2) is 5.10. The van der Waals surface area contributed by atoms with Crippen LogP contribution in [0, 0.1) is 28.4 Å². The van der Waals surface area contributed by atoms with Crippen molar-refractivity contribution in [1.29, 1.82) is 5.26 Å². The summed E-state index contributed by atoms with van der Waals surface area (Å²) < 4.78 is 1.57. The summed E-state index contributed by atoms with van der Waals surface area (Å²) in [5.74, 6) is 0.656. The average Bonchev–Trinajstić information content (AvgIpc) is 2.55. The van der Waals surface area contributed by atoms with Crippen molar-refractivity contribution in [3.8, 4) is 6.07 Å². The predicted molar refractivity (Wildman–Crippen MR) is 53.1 cm³/mol. The summed E-state index contributed by atoms with van der Waals surface area (Å²) in [6.07, 6.45) is 3.26. The predicted octanol–water partition coefficient (Wildman–Crippen LogP) is 1.79. The Hall–Kier alpha value is -1.90. The van der Waals surface area contributed by atoms with Crippen LogP contribution in [0.3, 0.4) is 0 Å². The molecule has 80 valence electrons. The zero-order valence-corrected chi connectivity index (χ0v) is 8.51. The molecule has 0 bridgehead atoms. The van der Waals surface area contributed by atoms with Crippen LogP contribution in [0.4, 0.5) is 5.82 Å². The number of nitrogens with zero attached hydrogens (tertiary/aromatic N) is 4. The maximum Gasteiger partial charge on any atom is 0.342 e. The zero-order chi connectivity index (χ0) is 11.3. The van der Waals surface area contributed by atoms with E-state index in [0.717, 1.165) is 12.8 Å². The summed E-state index contributed by atoms with van der Waals surface area (Å²) in [7, 11) is 0. The van der Waals surface area contributed by atoms with E-state index in [-0.39, 0.29) is 5.82 Å². The minimum Gasteiger partial charge on any atom is -0.358 e. The Morgan fingerprint density at radius 1 is 1.67 bits per heavy atom. The van der Waals surface area contributed by atoms with E-state index in [1.807, 2.05) is 6.07 Å². The molecule has 0 spiro atoms. The number of aromatic nitrogens is 2. The van der Waals surface area contributed by atoms with Gasteiger partial charge in [0, 0.05) is 13.3 Å². The second-order valence-electron chi connectivity index (χ2n) is 3.19. The molecule has 1 heterocycles. The third kappa shape index (κ3) is 2.77. The van der Waals surface area contributed by atoms with Gasteiger partial charge in [0.2, 0.25) is 0 Å². The minimum absolute atomic E-state index is 0.0180. The third-order valence-electron chi connectivity index (χ3n) is 2.14. The summed E-state index contributed by atoms with van der Waals surface area (Å²) in [5.41, 5.74) is 0. The van der Waals surface area contributed by atoms with Crippen molar-refractivity contribution >= 4 is 5.82 Å². The first-order chi connectivity index (χ1) is 7.16. The molecule has 0 aliphatic heterocycles. The Bertz CT molecular complexity index is 391. The molecule has 1 aromatic rings. The lowest BCUT2D eigenvalue weighted by Gasteiger charge is -2.01. The van der Waals surface area contributed by atoms with Crippen LogP contribution in [0.2, 0.25) is 0 Å². The summed E-state index contributed by atoms with van der Waals surface area (Å²) in [6.45, 7) is 2.28. The van der Waals surface area contributed by atoms with Crippen molar-refractivity contribution in [2.24, 2.45) is 0 Å². The van der Waals surface area contributed by atoms with Gasteiger partial charge in [-0.15, -0.1) is 0 Å². The van der Waals surface area contributed by atoms with Gasteiger partial charge in [-0.05, 0) is 17.8 Å². The van der Waals surface area contributed by atoms with E-state index in [2.05, 4.69) is 4.98 Å². The van der Waals surface area contributed by atoms with Crippen molar-refractivity contribution in [2.75, 3.05) is 0 Å². The largest absolute Gasteiger partial charge is 0.358 e. The van der Waals surface area contributed by atoms with Crippen LogP contribution in [0.1, 0.15) is 25.1 Å². The number of hydrogen-bond acceptors (Lipinski definition) is 4. The molecule has 1 rings (SSSR count). The van der Waals surface area contributed by atoms with Gasteiger partial charge in [-0.1, -0.05) is 0 Å². The quantitative estimate of drug-likeness (QED) is 0.419. The van der Waals surface area contributed by atoms with E-state index >= 15 is 0 Å². The highest BCUT2D eigenvalue weighted by Gasteiger charge is 2.16. The Morgan fingerprint density at radius 3 is 3.00 bits per heavy atom. The van der Waals surface area contributed by atoms with Crippen LogP contribution < -0.4 is 0 Å². The number of rotatable bonds is 5. The highest BCUT2D eigenvalue weighted by molar-refractivity contribution is 5.18. The van der Waals surface area contributed by atoms with E-state index in [1.54, 1.807) is 11.5 Å². The Morgan fingerprint density at radius 2 is 2.40 bits per heavy atom. The molecule has 0 amide bonds. The SMILES string of the molecule is Cc1ncc([N+](=O)[O-])n1CCCCC#N. The maximum atomic E-state index is 10.6. The van der Waals surface area contributed by atoms with E-state index < -0.39 is 4.92 Å². The fourth-order valence-electron chi connectivity index (χ4n) is 1.35. The lowest BCUT2D eigenvalue weighted by molar-refractivity contribution is -0.392. The van der Waals surface area contributed by atoms with Crippen LogP contribution in [0.25, 0.3) is 0 Å². The van der Waals surface area contributed by atoms with Gasteiger partial charge in [0.25, 0.3) is 0 Å². The zero-order valence-electron chi connectivity index (χ0n) is 8.51. The van der Waals surface area contributed by atoms with Crippen molar-refractivity contribution < 1.29 is 4.92 Å². The summed E-state index contributed by atoms with van der Waals surface area (Å²) in [5, 5.41) is 19.0. The van der Waals surface area contributed by atoms with Gasteiger partial charge >= 0.3 is 5.82 Å². The fraction of sp³-hybridized carbons (Fsp3) is 0.556. The molecule has 1 aromatic heterocycles. The van der Waals surface area contributed by atoms with E-state index in [0.29, 0.717) is 18.8 Å². The normalized spacial score (nSPS) is 9.87. The number of hydrogen-bond donors (Lipinski definition) is 0. The molecular weight excluding hydrogens is 196 g/mol. The van der Waals surface area contributed by atoms with Crippen LogP contribution in [0.5, 0.6) is 0 Å².